The highest BCUT2D eigenvalue weighted by Gasteiger charge is 2.42. The summed E-state index contributed by atoms with van der Waals surface area (Å²) in [6, 6.07) is 0. The van der Waals surface area contributed by atoms with Crippen LogP contribution >= 0.6 is 0 Å². The van der Waals surface area contributed by atoms with Gasteiger partial charge in [0.05, 0.1) is 0 Å². The lowest BCUT2D eigenvalue weighted by atomic mass is 10.1. The average molecular weight is 299 g/mol. The zero-order chi connectivity index (χ0) is 16.0. The summed E-state index contributed by atoms with van der Waals surface area (Å²) in [4.78, 5) is 21.9. The summed E-state index contributed by atoms with van der Waals surface area (Å²) in [6.07, 6.45) is -2.41. The number of carboxylic acid groups (broad SMARTS) is 1. The molecule has 1 rings (SSSR count). The number of esters is 1. The molecule has 1 N–H and O–H groups in total. The molecule has 20 heavy (non-hydrogen) atoms. The van der Waals surface area contributed by atoms with Crippen LogP contribution in [0.1, 0.15) is 40.0 Å². The van der Waals surface area contributed by atoms with E-state index in [9.17, 15) is 22.8 Å². The first-order valence-corrected chi connectivity index (χ1v) is 6.21. The van der Waals surface area contributed by atoms with Crippen molar-refractivity contribution < 1.29 is 32.6 Å². The third-order valence-electron chi connectivity index (χ3n) is 2.26. The van der Waals surface area contributed by atoms with Gasteiger partial charge in [-0.25, -0.2) is 9.59 Å². The number of carbonyl (C=O) groups is 2. The molecular formula is C12H20F3NO4. The first-order valence-electron chi connectivity index (χ1n) is 6.21. The fourth-order valence-corrected chi connectivity index (χ4v) is 1.42. The fourth-order valence-electron chi connectivity index (χ4n) is 1.42. The van der Waals surface area contributed by atoms with Gasteiger partial charge in [0.2, 0.25) is 0 Å². The van der Waals surface area contributed by atoms with Crippen molar-refractivity contribution in [3.8, 4) is 0 Å². The van der Waals surface area contributed by atoms with Gasteiger partial charge in [0.1, 0.15) is 5.60 Å². The molecule has 0 spiro atoms. The smallest absolute Gasteiger partial charge is 0.465 e. The first-order chi connectivity index (χ1) is 8.93. The second-order valence-corrected chi connectivity index (χ2v) is 5.33. The Labute approximate surface area is 115 Å². The fraction of sp³-hybridized carbons (Fsp3) is 0.833. The van der Waals surface area contributed by atoms with Crippen molar-refractivity contribution in [2.75, 3.05) is 13.1 Å². The third-order valence-corrected chi connectivity index (χ3v) is 2.26. The topological polar surface area (TPSA) is 66.8 Å². The number of carbonyl (C=O) groups excluding carboxylic acids is 1. The van der Waals surface area contributed by atoms with Crippen LogP contribution in [0.3, 0.4) is 0 Å². The molecule has 118 valence electrons. The van der Waals surface area contributed by atoms with E-state index in [4.69, 9.17) is 5.11 Å². The molecule has 1 aliphatic heterocycles. The number of rotatable bonds is 0. The van der Waals surface area contributed by atoms with E-state index in [1.165, 1.54) is 32.1 Å². The zero-order valence-electron chi connectivity index (χ0n) is 11.8. The number of likely N-dealkylation sites (tertiary alicyclic amines) is 1. The molecule has 0 aromatic carbocycles. The van der Waals surface area contributed by atoms with Crippen molar-refractivity contribution in [2.24, 2.45) is 0 Å². The minimum Gasteiger partial charge on any atom is -0.465 e. The lowest BCUT2D eigenvalue weighted by Gasteiger charge is -2.22. The van der Waals surface area contributed by atoms with Gasteiger partial charge in [-0.3, -0.25) is 0 Å². The SMILES string of the molecule is CC(C)(C)OC(=O)C(F)(F)F.O=C(O)N1CCCCC1. The van der Waals surface area contributed by atoms with Gasteiger partial charge in [0, 0.05) is 13.1 Å². The Bertz CT molecular complexity index is 331. The number of nitrogens with zero attached hydrogens (tertiary/aromatic N) is 1. The van der Waals surface area contributed by atoms with E-state index in [1.807, 2.05) is 0 Å². The highest BCUT2D eigenvalue weighted by Crippen LogP contribution is 2.20. The van der Waals surface area contributed by atoms with Gasteiger partial charge < -0.3 is 14.7 Å². The second kappa shape index (κ2) is 7.35. The lowest BCUT2D eigenvalue weighted by Crippen LogP contribution is -2.34. The molecule has 1 saturated heterocycles. The molecule has 0 bridgehead atoms. The molecule has 0 saturated carbocycles. The van der Waals surface area contributed by atoms with Crippen LogP contribution in [-0.4, -0.2) is 46.9 Å². The van der Waals surface area contributed by atoms with Crippen molar-refractivity contribution in [3.05, 3.63) is 0 Å². The van der Waals surface area contributed by atoms with Crippen LogP contribution in [0.25, 0.3) is 0 Å². The van der Waals surface area contributed by atoms with Gasteiger partial charge in [-0.1, -0.05) is 0 Å². The summed E-state index contributed by atoms with van der Waals surface area (Å²) >= 11 is 0. The summed E-state index contributed by atoms with van der Waals surface area (Å²) in [5.41, 5.74) is -1.09. The number of hydrogen-bond donors (Lipinski definition) is 1. The predicted molar refractivity (Wildman–Crippen MR) is 65.3 cm³/mol. The van der Waals surface area contributed by atoms with Gasteiger partial charge in [-0.2, -0.15) is 13.2 Å². The number of ether oxygens (including phenoxy) is 1. The molecule has 1 amide bonds. The van der Waals surface area contributed by atoms with Crippen LogP contribution in [0.5, 0.6) is 0 Å². The van der Waals surface area contributed by atoms with E-state index in [2.05, 4.69) is 4.74 Å². The van der Waals surface area contributed by atoms with Gasteiger partial charge in [0.25, 0.3) is 0 Å². The van der Waals surface area contributed by atoms with Gasteiger partial charge >= 0.3 is 18.2 Å². The molecule has 5 nitrogen and oxygen atoms in total. The maximum Gasteiger partial charge on any atom is 0.490 e. The monoisotopic (exact) mass is 299 g/mol. The molecule has 8 heteroatoms. The summed E-state index contributed by atoms with van der Waals surface area (Å²) in [6.45, 7) is 5.58. The van der Waals surface area contributed by atoms with Gasteiger partial charge in [0.15, 0.2) is 0 Å². The highest BCUT2D eigenvalue weighted by atomic mass is 19.4. The van der Waals surface area contributed by atoms with Crippen molar-refractivity contribution in [1.29, 1.82) is 0 Å². The van der Waals surface area contributed by atoms with Gasteiger partial charge in [-0.05, 0) is 40.0 Å². The Hall–Kier alpha value is -1.47. The first kappa shape index (κ1) is 18.5. The van der Waals surface area contributed by atoms with Crippen molar-refractivity contribution in [1.82, 2.24) is 4.90 Å². The minimum absolute atomic E-state index is 0.731. The van der Waals surface area contributed by atoms with E-state index in [0.29, 0.717) is 0 Å². The van der Waals surface area contributed by atoms with E-state index in [-0.39, 0.29) is 0 Å². The quantitative estimate of drug-likeness (QED) is 0.698. The molecule has 0 aliphatic carbocycles. The van der Waals surface area contributed by atoms with E-state index in [1.54, 1.807) is 0 Å². The van der Waals surface area contributed by atoms with Gasteiger partial charge in [-0.15, -0.1) is 0 Å². The van der Waals surface area contributed by atoms with Crippen molar-refractivity contribution >= 4 is 12.1 Å². The number of hydrogen-bond acceptors (Lipinski definition) is 3. The number of alkyl halides is 3. The second-order valence-electron chi connectivity index (χ2n) is 5.33. The van der Waals surface area contributed by atoms with E-state index >= 15 is 0 Å². The zero-order valence-corrected chi connectivity index (χ0v) is 11.8. The average Bonchev–Trinajstić information content (AvgIpc) is 2.27. The normalized spacial score (nSPS) is 16.0. The molecule has 0 aromatic rings. The molecule has 1 heterocycles. The maximum atomic E-state index is 11.5. The Morgan fingerprint density at radius 3 is 1.70 bits per heavy atom. The number of piperidine rings is 1. The number of amides is 1. The molecule has 1 aliphatic rings. The Kier molecular flexibility index (Phi) is 6.81. The van der Waals surface area contributed by atoms with Crippen LogP contribution in [0.4, 0.5) is 18.0 Å². The number of halogens is 3. The van der Waals surface area contributed by atoms with Crippen LogP contribution < -0.4 is 0 Å². The Morgan fingerprint density at radius 2 is 1.50 bits per heavy atom. The van der Waals surface area contributed by atoms with Crippen molar-refractivity contribution in [3.63, 3.8) is 0 Å². The largest absolute Gasteiger partial charge is 0.490 e. The van der Waals surface area contributed by atoms with Crippen LogP contribution in [0.15, 0.2) is 0 Å². The Balaban J connectivity index is 0.000000367. The molecular weight excluding hydrogens is 279 g/mol. The third kappa shape index (κ3) is 8.60. The van der Waals surface area contributed by atoms with Crippen LogP contribution in [-0.2, 0) is 9.53 Å². The summed E-state index contributed by atoms with van der Waals surface area (Å²) in [5.74, 6) is -2.15. The lowest BCUT2D eigenvalue weighted by molar-refractivity contribution is -0.210. The molecule has 0 aromatic heterocycles. The summed E-state index contributed by atoms with van der Waals surface area (Å²) < 4.78 is 38.6. The summed E-state index contributed by atoms with van der Waals surface area (Å²) in [7, 11) is 0. The Morgan fingerprint density at radius 1 is 1.05 bits per heavy atom. The highest BCUT2D eigenvalue weighted by molar-refractivity contribution is 5.75. The predicted octanol–water partition coefficient (Wildman–Crippen LogP) is 3.04. The molecule has 0 radical (unpaired) electrons. The summed E-state index contributed by atoms with van der Waals surface area (Å²) in [5, 5.41) is 8.46. The maximum absolute atomic E-state index is 11.5. The molecule has 1 fully saturated rings. The van der Waals surface area contributed by atoms with E-state index < -0.39 is 23.8 Å². The molecule has 0 unspecified atom stereocenters. The van der Waals surface area contributed by atoms with E-state index in [0.717, 1.165) is 25.9 Å². The van der Waals surface area contributed by atoms with Crippen LogP contribution in [0.2, 0.25) is 0 Å². The molecule has 0 atom stereocenters. The van der Waals surface area contributed by atoms with Crippen molar-refractivity contribution in [2.45, 2.75) is 51.8 Å². The minimum atomic E-state index is -4.90. The van der Waals surface area contributed by atoms with Crippen LogP contribution in [0, 0.1) is 0 Å². The standard InChI is InChI=1S/C6H9F3O2.C6H11NO2/c1-5(2,3)11-4(10)6(7,8)9;8-6(9)7-4-2-1-3-5-7/h1-3H3;1-5H2,(H,8,9).